The maximum absolute atomic E-state index is 2.51. The molecule has 0 fully saturated rings. The molecule has 0 saturated heterocycles. The number of aromatic nitrogens is 2. The average Bonchev–Trinajstić information content (AvgIpc) is 3.73. The molecule has 0 spiro atoms. The van der Waals surface area contributed by atoms with Crippen LogP contribution in [-0.4, -0.2) is 9.13 Å². The number of nitrogens with zero attached hydrogens (tertiary/aromatic N) is 2. The van der Waals surface area contributed by atoms with Gasteiger partial charge in [0, 0.05) is 48.4 Å². The van der Waals surface area contributed by atoms with Gasteiger partial charge in [-0.1, -0.05) is 103 Å². The number of rotatable bonds is 2. The fourth-order valence-electron chi connectivity index (χ4n) is 7.29. The first-order valence-corrected chi connectivity index (χ1v) is 15.5. The molecule has 0 atom stereocenters. The van der Waals surface area contributed by atoms with Crippen molar-refractivity contribution in [3.05, 3.63) is 146 Å². The van der Waals surface area contributed by atoms with Crippen LogP contribution in [0.2, 0.25) is 0 Å². The van der Waals surface area contributed by atoms with Gasteiger partial charge in [-0.2, -0.15) is 0 Å². The fourth-order valence-corrected chi connectivity index (χ4v) is 8.53. The van der Waals surface area contributed by atoms with E-state index in [1.54, 1.807) is 0 Å². The van der Waals surface area contributed by atoms with Crippen molar-refractivity contribution in [1.82, 2.24) is 9.13 Å². The third kappa shape index (κ3) is 3.12. The molecule has 3 heteroatoms. The lowest BCUT2D eigenvalue weighted by Crippen LogP contribution is -1.98. The van der Waals surface area contributed by atoms with Crippen LogP contribution in [0, 0.1) is 0 Å². The van der Waals surface area contributed by atoms with Crippen molar-refractivity contribution in [2.75, 3.05) is 0 Å². The maximum Gasteiger partial charge on any atom is 0.0720 e. The van der Waals surface area contributed by atoms with Gasteiger partial charge >= 0.3 is 0 Å². The van der Waals surface area contributed by atoms with Crippen LogP contribution >= 0.6 is 11.3 Å². The van der Waals surface area contributed by atoms with E-state index < -0.39 is 0 Å². The summed E-state index contributed by atoms with van der Waals surface area (Å²) in [6.45, 7) is 0. The normalized spacial score (nSPS) is 12.2. The molecule has 0 unspecified atom stereocenters. The lowest BCUT2D eigenvalue weighted by atomic mass is 10.0. The Morgan fingerprint density at radius 3 is 1.81 bits per heavy atom. The number of thiophene rings is 1. The van der Waals surface area contributed by atoms with E-state index in [1.807, 2.05) is 11.3 Å². The minimum Gasteiger partial charge on any atom is -0.309 e. The van der Waals surface area contributed by atoms with Crippen molar-refractivity contribution < 1.29 is 0 Å². The molecule has 0 N–H and O–H groups in total. The Hall–Kier alpha value is -5.38. The van der Waals surface area contributed by atoms with Crippen molar-refractivity contribution in [2.45, 2.75) is 0 Å². The molecule has 2 nitrogen and oxygen atoms in total. The van der Waals surface area contributed by atoms with Crippen LogP contribution in [0.4, 0.5) is 0 Å². The predicted octanol–water partition coefficient (Wildman–Crippen LogP) is 11.4. The molecule has 200 valence electrons. The summed E-state index contributed by atoms with van der Waals surface area (Å²) in [5, 5.41) is 10.4. The summed E-state index contributed by atoms with van der Waals surface area (Å²) < 4.78 is 7.57. The zero-order valence-electron chi connectivity index (χ0n) is 23.2. The summed E-state index contributed by atoms with van der Waals surface area (Å²) in [7, 11) is 0. The van der Waals surface area contributed by atoms with Gasteiger partial charge in [-0.05, 0) is 53.2 Å². The highest BCUT2D eigenvalue weighted by Crippen LogP contribution is 2.45. The van der Waals surface area contributed by atoms with Crippen LogP contribution in [0.3, 0.4) is 0 Å². The van der Waals surface area contributed by atoms with E-state index in [0.717, 1.165) is 5.69 Å². The van der Waals surface area contributed by atoms with Gasteiger partial charge in [0.15, 0.2) is 0 Å². The lowest BCUT2D eigenvalue weighted by Gasteiger charge is -2.13. The smallest absolute Gasteiger partial charge is 0.0720 e. The molecule has 0 bridgehead atoms. The van der Waals surface area contributed by atoms with Crippen molar-refractivity contribution in [2.24, 2.45) is 0 Å². The third-order valence-electron chi connectivity index (χ3n) is 9.09. The first-order chi connectivity index (χ1) is 21.3. The quantitative estimate of drug-likeness (QED) is 0.198. The molecule has 10 rings (SSSR count). The van der Waals surface area contributed by atoms with Crippen molar-refractivity contribution in [3.63, 3.8) is 0 Å². The highest BCUT2D eigenvalue weighted by atomic mass is 32.1. The first kappa shape index (κ1) is 23.2. The molecule has 43 heavy (non-hydrogen) atoms. The molecular weight excluding hydrogens is 541 g/mol. The zero-order chi connectivity index (χ0) is 28.1. The van der Waals surface area contributed by atoms with Gasteiger partial charge < -0.3 is 9.13 Å². The molecular formula is C40H24N2S. The summed E-state index contributed by atoms with van der Waals surface area (Å²) in [5.41, 5.74) is 7.29. The molecule has 0 aliphatic heterocycles. The van der Waals surface area contributed by atoms with Crippen LogP contribution in [0.15, 0.2) is 146 Å². The molecule has 10 aromatic rings. The van der Waals surface area contributed by atoms with Gasteiger partial charge in [0.25, 0.3) is 0 Å². The van der Waals surface area contributed by atoms with E-state index in [4.69, 9.17) is 0 Å². The van der Waals surface area contributed by atoms with Crippen LogP contribution in [0.1, 0.15) is 0 Å². The second-order valence-electron chi connectivity index (χ2n) is 11.3. The van der Waals surface area contributed by atoms with E-state index in [2.05, 4.69) is 155 Å². The highest BCUT2D eigenvalue weighted by Gasteiger charge is 2.20. The predicted molar refractivity (Wildman–Crippen MR) is 186 cm³/mol. The molecule has 0 saturated carbocycles. The lowest BCUT2D eigenvalue weighted by molar-refractivity contribution is 1.14. The number of fused-ring (bicyclic) bond motifs is 12. The summed E-state index contributed by atoms with van der Waals surface area (Å²) >= 11 is 1.90. The van der Waals surface area contributed by atoms with Gasteiger partial charge in [-0.25, -0.2) is 0 Å². The van der Waals surface area contributed by atoms with Gasteiger partial charge in [0.05, 0.1) is 26.8 Å². The Labute approximate surface area is 251 Å². The zero-order valence-corrected chi connectivity index (χ0v) is 24.0. The number of hydrogen-bond donors (Lipinski definition) is 0. The van der Waals surface area contributed by atoms with E-state index >= 15 is 0 Å². The van der Waals surface area contributed by atoms with E-state index in [1.165, 1.54) is 80.2 Å². The Kier molecular flexibility index (Phi) is 4.63. The van der Waals surface area contributed by atoms with Crippen molar-refractivity contribution in [1.29, 1.82) is 0 Å². The second-order valence-corrected chi connectivity index (χ2v) is 12.4. The standard InChI is InChI=1S/C40H24N2S/c1-2-13-28-25(10-1)20-23-36-38(28)33-22-21-32-31-16-5-8-19-37(31)43-40(32)39(33)42(36)27-12-9-11-26(24-27)41-34-17-6-3-14-29(34)30-15-4-7-18-35(30)41/h1-24H. The summed E-state index contributed by atoms with van der Waals surface area (Å²) in [4.78, 5) is 0. The van der Waals surface area contributed by atoms with E-state index in [-0.39, 0.29) is 0 Å². The SMILES string of the molecule is c1cc(-n2c3ccccc3c3ccccc32)cc(-n2c3ccc4ccccc4c3c3ccc4c5ccccc5sc4c32)c1. The minimum absolute atomic E-state index is 1.16. The van der Waals surface area contributed by atoms with Crippen LogP contribution in [0.25, 0.3) is 85.9 Å². The van der Waals surface area contributed by atoms with Crippen LogP contribution in [0.5, 0.6) is 0 Å². The van der Waals surface area contributed by atoms with Gasteiger partial charge in [-0.15, -0.1) is 11.3 Å². The van der Waals surface area contributed by atoms with Gasteiger partial charge in [0.2, 0.25) is 0 Å². The molecule has 0 radical (unpaired) electrons. The number of hydrogen-bond acceptors (Lipinski definition) is 1. The number of para-hydroxylation sites is 2. The Morgan fingerprint density at radius 1 is 0.395 bits per heavy atom. The van der Waals surface area contributed by atoms with Crippen LogP contribution < -0.4 is 0 Å². The van der Waals surface area contributed by atoms with Crippen LogP contribution in [-0.2, 0) is 0 Å². The van der Waals surface area contributed by atoms with Crippen molar-refractivity contribution >= 4 is 85.9 Å². The molecule has 0 aliphatic rings. The van der Waals surface area contributed by atoms with Crippen molar-refractivity contribution in [3.8, 4) is 11.4 Å². The average molecular weight is 565 g/mol. The number of benzene rings is 7. The molecule has 0 aliphatic carbocycles. The Bertz CT molecular complexity index is 2680. The van der Waals surface area contributed by atoms with Gasteiger partial charge in [0.1, 0.15) is 0 Å². The monoisotopic (exact) mass is 564 g/mol. The third-order valence-corrected chi connectivity index (χ3v) is 10.3. The fraction of sp³-hybridized carbons (Fsp3) is 0. The first-order valence-electron chi connectivity index (χ1n) is 14.7. The maximum atomic E-state index is 2.51. The van der Waals surface area contributed by atoms with E-state index in [9.17, 15) is 0 Å². The Balaban J connectivity index is 1.36. The Morgan fingerprint density at radius 2 is 1.02 bits per heavy atom. The summed E-state index contributed by atoms with van der Waals surface area (Å²) in [6.07, 6.45) is 0. The molecule has 7 aromatic carbocycles. The van der Waals surface area contributed by atoms with Gasteiger partial charge in [-0.3, -0.25) is 0 Å². The summed E-state index contributed by atoms with van der Waals surface area (Å²) in [5.74, 6) is 0. The van der Waals surface area contributed by atoms with E-state index in [0.29, 0.717) is 0 Å². The highest BCUT2D eigenvalue weighted by molar-refractivity contribution is 7.26. The molecule has 3 aromatic heterocycles. The summed E-state index contributed by atoms with van der Waals surface area (Å²) in [6, 6.07) is 53.4. The topological polar surface area (TPSA) is 9.86 Å². The minimum atomic E-state index is 1.16. The molecule has 0 amide bonds. The largest absolute Gasteiger partial charge is 0.309 e. The molecule has 3 heterocycles. The second kappa shape index (κ2) is 8.57.